The van der Waals surface area contributed by atoms with Gasteiger partial charge in [0.05, 0.1) is 17.9 Å². The molecule has 2 spiro atoms. The van der Waals surface area contributed by atoms with E-state index in [4.69, 9.17) is 13.9 Å². The van der Waals surface area contributed by atoms with E-state index in [1.165, 1.54) is 0 Å². The van der Waals surface area contributed by atoms with Gasteiger partial charge in [-0.1, -0.05) is 13.0 Å². The number of rotatable bonds is 1. The second-order valence-corrected chi connectivity index (χ2v) is 8.11. The molecule has 5 heteroatoms. The average Bonchev–Trinajstić information content (AvgIpc) is 3.31. The molecule has 0 N–H and O–H groups in total. The van der Waals surface area contributed by atoms with Crippen molar-refractivity contribution in [3.05, 3.63) is 35.8 Å². The molecule has 1 aromatic rings. The molecule has 5 atom stereocenters. The van der Waals surface area contributed by atoms with Crippen LogP contribution in [0.5, 0.6) is 0 Å². The number of cyclic esters (lactones) is 2. The fraction of sp³-hybridized carbons (Fsp3) is 0.600. The second-order valence-electron chi connectivity index (χ2n) is 8.11. The number of furan rings is 1. The number of allylic oxidation sites excluding steroid dienone is 1. The molecule has 2 aliphatic carbocycles. The molecule has 0 amide bonds. The molecule has 1 saturated carbocycles. The summed E-state index contributed by atoms with van der Waals surface area (Å²) in [5.74, 6) is 0.0604. The highest BCUT2D eigenvalue weighted by molar-refractivity contribution is 5.93. The standard InChI is InChI=1S/C20H22O5/c1-12-5-7-19-11-24-17(21)14(19)3-2-4-16(19)20(12)9-15(25-18(20)22)13-6-8-23-10-13/h3,6,8,10,12,15-16H,2,4-5,7,9,11H2,1H3/t12-,15-,16?,19?,20?/m1/s1. The largest absolute Gasteiger partial charge is 0.472 e. The summed E-state index contributed by atoms with van der Waals surface area (Å²) in [5.41, 5.74) is 0.900. The SMILES string of the molecule is C[C@@H]1CCC23COC(=O)C2=CCCC3C12C[C@H](c1ccoc1)OC2=O. The summed E-state index contributed by atoms with van der Waals surface area (Å²) in [6, 6.07) is 1.87. The number of esters is 2. The number of ether oxygens (including phenoxy) is 2. The molecule has 3 fully saturated rings. The van der Waals surface area contributed by atoms with Crippen molar-refractivity contribution < 1.29 is 23.5 Å². The van der Waals surface area contributed by atoms with Crippen LogP contribution in [0.15, 0.2) is 34.7 Å². The van der Waals surface area contributed by atoms with E-state index in [0.29, 0.717) is 13.0 Å². The summed E-state index contributed by atoms with van der Waals surface area (Å²) in [6.45, 7) is 2.59. The third kappa shape index (κ3) is 1.79. The van der Waals surface area contributed by atoms with Crippen LogP contribution in [0.2, 0.25) is 0 Å². The molecule has 0 radical (unpaired) electrons. The lowest BCUT2D eigenvalue weighted by molar-refractivity contribution is -0.162. The predicted molar refractivity (Wildman–Crippen MR) is 87.2 cm³/mol. The smallest absolute Gasteiger partial charge is 0.334 e. The third-order valence-electron chi connectivity index (χ3n) is 7.28. The Hall–Kier alpha value is -2.04. The van der Waals surface area contributed by atoms with Gasteiger partial charge in [0.25, 0.3) is 0 Å². The van der Waals surface area contributed by atoms with E-state index in [9.17, 15) is 9.59 Å². The van der Waals surface area contributed by atoms with E-state index in [1.54, 1.807) is 12.5 Å². The zero-order valence-corrected chi connectivity index (χ0v) is 14.3. The minimum Gasteiger partial charge on any atom is -0.472 e. The van der Waals surface area contributed by atoms with Crippen LogP contribution in [0.1, 0.15) is 50.7 Å². The van der Waals surface area contributed by atoms with Crippen molar-refractivity contribution in [1.29, 1.82) is 0 Å². The van der Waals surface area contributed by atoms with Gasteiger partial charge in [-0.05, 0) is 43.6 Å². The van der Waals surface area contributed by atoms with E-state index >= 15 is 0 Å². The summed E-state index contributed by atoms with van der Waals surface area (Å²) in [4.78, 5) is 25.4. The van der Waals surface area contributed by atoms with Gasteiger partial charge in [-0.3, -0.25) is 4.79 Å². The van der Waals surface area contributed by atoms with Crippen LogP contribution in [0.4, 0.5) is 0 Å². The van der Waals surface area contributed by atoms with Crippen LogP contribution in [-0.2, 0) is 19.1 Å². The average molecular weight is 342 g/mol. The molecular weight excluding hydrogens is 320 g/mol. The second kappa shape index (κ2) is 4.99. The molecule has 132 valence electrons. The molecule has 3 heterocycles. The number of carbonyl (C=O) groups excluding carboxylic acids is 2. The molecule has 5 nitrogen and oxygen atoms in total. The van der Waals surface area contributed by atoms with Crippen LogP contribution in [0.3, 0.4) is 0 Å². The normalized spacial score (nSPS) is 42.6. The van der Waals surface area contributed by atoms with Gasteiger partial charge in [-0.15, -0.1) is 0 Å². The van der Waals surface area contributed by atoms with Gasteiger partial charge in [-0.25, -0.2) is 4.79 Å². The van der Waals surface area contributed by atoms with Gasteiger partial charge in [0.15, 0.2) is 0 Å². The first kappa shape index (κ1) is 15.2. The van der Waals surface area contributed by atoms with E-state index in [1.807, 2.05) is 12.1 Å². The first-order valence-electron chi connectivity index (χ1n) is 9.19. The van der Waals surface area contributed by atoms with E-state index in [0.717, 1.165) is 36.8 Å². The van der Waals surface area contributed by atoms with Crippen molar-refractivity contribution in [2.45, 2.75) is 45.1 Å². The Morgan fingerprint density at radius 3 is 2.92 bits per heavy atom. The summed E-state index contributed by atoms with van der Waals surface area (Å²) in [7, 11) is 0. The molecule has 25 heavy (non-hydrogen) atoms. The van der Waals surface area contributed by atoms with Gasteiger partial charge in [0, 0.05) is 23.0 Å². The molecule has 2 aliphatic heterocycles. The maximum atomic E-state index is 13.2. The summed E-state index contributed by atoms with van der Waals surface area (Å²) >= 11 is 0. The van der Waals surface area contributed by atoms with Crippen LogP contribution in [0.25, 0.3) is 0 Å². The van der Waals surface area contributed by atoms with Gasteiger partial charge in [0.1, 0.15) is 12.7 Å². The highest BCUT2D eigenvalue weighted by atomic mass is 16.6. The summed E-state index contributed by atoms with van der Waals surface area (Å²) in [5, 5.41) is 0. The number of hydrogen-bond acceptors (Lipinski definition) is 5. The number of carbonyl (C=O) groups is 2. The Labute approximate surface area is 146 Å². The Bertz CT molecular complexity index is 763. The topological polar surface area (TPSA) is 65.7 Å². The van der Waals surface area contributed by atoms with Crippen molar-refractivity contribution >= 4 is 11.9 Å². The number of fused-ring (bicyclic) bond motifs is 1. The highest BCUT2D eigenvalue weighted by Crippen LogP contribution is 2.67. The first-order chi connectivity index (χ1) is 12.1. The van der Waals surface area contributed by atoms with Gasteiger partial charge in [0.2, 0.25) is 0 Å². The van der Waals surface area contributed by atoms with Crippen molar-refractivity contribution in [3.63, 3.8) is 0 Å². The summed E-state index contributed by atoms with van der Waals surface area (Å²) in [6.07, 6.45) is 9.31. The fourth-order valence-electron chi connectivity index (χ4n) is 6.01. The molecule has 4 aliphatic rings. The van der Waals surface area contributed by atoms with Crippen LogP contribution in [0, 0.1) is 22.7 Å². The van der Waals surface area contributed by atoms with Crippen LogP contribution >= 0.6 is 0 Å². The van der Waals surface area contributed by atoms with Crippen molar-refractivity contribution in [2.24, 2.45) is 22.7 Å². The maximum Gasteiger partial charge on any atom is 0.334 e. The van der Waals surface area contributed by atoms with Gasteiger partial charge in [-0.2, -0.15) is 0 Å². The first-order valence-corrected chi connectivity index (χ1v) is 9.19. The van der Waals surface area contributed by atoms with Crippen LogP contribution in [-0.4, -0.2) is 18.5 Å². The molecule has 2 saturated heterocycles. The highest BCUT2D eigenvalue weighted by Gasteiger charge is 2.68. The number of hydrogen-bond donors (Lipinski definition) is 0. The van der Waals surface area contributed by atoms with Crippen LogP contribution < -0.4 is 0 Å². The lowest BCUT2D eigenvalue weighted by Crippen LogP contribution is -2.55. The van der Waals surface area contributed by atoms with Crippen molar-refractivity contribution in [2.75, 3.05) is 6.61 Å². The van der Waals surface area contributed by atoms with E-state index in [-0.39, 0.29) is 35.3 Å². The lowest BCUT2D eigenvalue weighted by Gasteiger charge is -2.54. The molecule has 3 unspecified atom stereocenters. The fourth-order valence-corrected chi connectivity index (χ4v) is 6.01. The van der Waals surface area contributed by atoms with E-state index in [2.05, 4.69) is 6.92 Å². The maximum absolute atomic E-state index is 13.2. The monoisotopic (exact) mass is 342 g/mol. The third-order valence-corrected chi connectivity index (χ3v) is 7.28. The summed E-state index contributed by atoms with van der Waals surface area (Å²) < 4.78 is 16.5. The predicted octanol–water partition coefficient (Wildman–Crippen LogP) is 3.56. The quantitative estimate of drug-likeness (QED) is 0.730. The molecule has 1 aromatic heterocycles. The molecule has 0 bridgehead atoms. The zero-order valence-electron chi connectivity index (χ0n) is 14.3. The molecule has 5 rings (SSSR count). The Morgan fingerprint density at radius 2 is 2.12 bits per heavy atom. The Balaban J connectivity index is 1.59. The minimum atomic E-state index is -0.534. The van der Waals surface area contributed by atoms with Gasteiger partial charge < -0.3 is 13.9 Å². The zero-order chi connectivity index (χ0) is 17.2. The van der Waals surface area contributed by atoms with Gasteiger partial charge >= 0.3 is 11.9 Å². The lowest BCUT2D eigenvalue weighted by atomic mass is 9.46. The molecular formula is C20H22O5. The van der Waals surface area contributed by atoms with Crippen molar-refractivity contribution in [3.8, 4) is 0 Å². The minimum absolute atomic E-state index is 0.101. The van der Waals surface area contributed by atoms with Crippen molar-refractivity contribution in [1.82, 2.24) is 0 Å². The van der Waals surface area contributed by atoms with E-state index < -0.39 is 5.41 Å². The molecule has 0 aromatic carbocycles. The Morgan fingerprint density at radius 1 is 1.24 bits per heavy atom. The Kier molecular flexibility index (Phi) is 3.04.